The Kier molecular flexibility index (Phi) is 0.884. The van der Waals surface area contributed by atoms with Crippen LogP contribution in [0.25, 0.3) is 0 Å². The Morgan fingerprint density at radius 3 is 2.75 bits per heavy atom. The van der Waals surface area contributed by atoms with E-state index in [0.717, 1.165) is 18.4 Å². The first kappa shape index (κ1) is 4.80. The molecule has 1 nitrogen and oxygen atoms in total. The number of rotatable bonds is 1. The second-order valence-corrected chi connectivity index (χ2v) is 2.94. The summed E-state index contributed by atoms with van der Waals surface area (Å²) in [5.41, 5.74) is 0. The Morgan fingerprint density at radius 2 is 2.50 bits per heavy atom. The molecule has 2 fully saturated rings. The molecule has 1 heteroatoms. The van der Waals surface area contributed by atoms with Gasteiger partial charge in [-0.05, 0) is 18.3 Å². The minimum absolute atomic E-state index is 0.694. The van der Waals surface area contributed by atoms with E-state index in [1.807, 2.05) is 0 Å². The zero-order valence-electron chi connectivity index (χ0n) is 5.26. The van der Waals surface area contributed by atoms with E-state index in [0.29, 0.717) is 6.10 Å². The summed E-state index contributed by atoms with van der Waals surface area (Å²) in [4.78, 5) is 0. The molecule has 46 valence electrons. The SMILES string of the molecule is CCC1COC2CC12. The van der Waals surface area contributed by atoms with E-state index in [2.05, 4.69) is 6.92 Å². The van der Waals surface area contributed by atoms with Crippen molar-refractivity contribution in [2.75, 3.05) is 6.61 Å². The first-order chi connectivity index (χ1) is 3.92. The summed E-state index contributed by atoms with van der Waals surface area (Å²) < 4.78 is 5.43. The molecule has 0 bridgehead atoms. The van der Waals surface area contributed by atoms with Crippen LogP contribution in [-0.4, -0.2) is 12.7 Å². The highest BCUT2D eigenvalue weighted by molar-refractivity contribution is 4.96. The van der Waals surface area contributed by atoms with E-state index in [-0.39, 0.29) is 0 Å². The van der Waals surface area contributed by atoms with Crippen LogP contribution in [0.3, 0.4) is 0 Å². The summed E-state index contributed by atoms with van der Waals surface area (Å²) in [6.07, 6.45) is 3.37. The monoisotopic (exact) mass is 112 g/mol. The van der Waals surface area contributed by atoms with Crippen molar-refractivity contribution >= 4 is 0 Å². The number of hydrogen-bond donors (Lipinski definition) is 0. The van der Waals surface area contributed by atoms with Crippen molar-refractivity contribution in [1.82, 2.24) is 0 Å². The molecule has 2 aliphatic rings. The Morgan fingerprint density at radius 1 is 1.62 bits per heavy atom. The Balaban J connectivity index is 1.97. The van der Waals surface area contributed by atoms with E-state index in [9.17, 15) is 0 Å². The van der Waals surface area contributed by atoms with Gasteiger partial charge < -0.3 is 4.74 Å². The van der Waals surface area contributed by atoms with E-state index in [1.165, 1.54) is 12.8 Å². The standard InChI is InChI=1S/C7H12O/c1-2-5-4-8-7-3-6(5)7/h5-7H,2-4H2,1H3. The maximum Gasteiger partial charge on any atom is 0.0611 e. The lowest BCUT2D eigenvalue weighted by Crippen LogP contribution is -2.01. The van der Waals surface area contributed by atoms with Gasteiger partial charge in [-0.25, -0.2) is 0 Å². The Bertz CT molecular complexity index is 101. The van der Waals surface area contributed by atoms with Gasteiger partial charge in [0.15, 0.2) is 0 Å². The van der Waals surface area contributed by atoms with Crippen molar-refractivity contribution in [2.45, 2.75) is 25.9 Å². The van der Waals surface area contributed by atoms with Gasteiger partial charge in [0, 0.05) is 0 Å². The Labute approximate surface area is 50.0 Å². The summed E-state index contributed by atoms with van der Waals surface area (Å²) in [6.45, 7) is 3.31. The first-order valence-corrected chi connectivity index (χ1v) is 3.53. The van der Waals surface area contributed by atoms with Gasteiger partial charge in [-0.15, -0.1) is 0 Å². The molecule has 0 N–H and O–H groups in total. The Hall–Kier alpha value is -0.0400. The van der Waals surface area contributed by atoms with Crippen LogP contribution in [0.4, 0.5) is 0 Å². The average molecular weight is 112 g/mol. The minimum Gasteiger partial charge on any atom is -0.378 e. The van der Waals surface area contributed by atoms with E-state index in [4.69, 9.17) is 4.74 Å². The lowest BCUT2D eigenvalue weighted by Gasteiger charge is -2.03. The normalized spacial score (nSPS) is 51.4. The van der Waals surface area contributed by atoms with Gasteiger partial charge in [-0.1, -0.05) is 13.3 Å². The van der Waals surface area contributed by atoms with Crippen LogP contribution in [0.5, 0.6) is 0 Å². The number of hydrogen-bond acceptors (Lipinski definition) is 1. The predicted octanol–water partition coefficient (Wildman–Crippen LogP) is 1.43. The van der Waals surface area contributed by atoms with E-state index < -0.39 is 0 Å². The van der Waals surface area contributed by atoms with Gasteiger partial charge in [-0.2, -0.15) is 0 Å². The molecule has 1 aliphatic heterocycles. The second-order valence-electron chi connectivity index (χ2n) is 2.94. The molecule has 1 aliphatic carbocycles. The second kappa shape index (κ2) is 1.47. The molecule has 0 radical (unpaired) electrons. The lowest BCUT2D eigenvalue weighted by molar-refractivity contribution is 0.138. The van der Waals surface area contributed by atoms with Crippen molar-refractivity contribution in [3.05, 3.63) is 0 Å². The van der Waals surface area contributed by atoms with Crippen molar-refractivity contribution in [3.8, 4) is 0 Å². The minimum atomic E-state index is 0.694. The first-order valence-electron chi connectivity index (χ1n) is 3.53. The molecule has 3 unspecified atom stereocenters. The average Bonchev–Trinajstić information content (AvgIpc) is 2.46. The maximum absolute atomic E-state index is 5.43. The molecule has 1 saturated carbocycles. The zero-order valence-corrected chi connectivity index (χ0v) is 5.26. The van der Waals surface area contributed by atoms with Gasteiger partial charge in [0.1, 0.15) is 0 Å². The zero-order chi connectivity index (χ0) is 5.56. The largest absolute Gasteiger partial charge is 0.378 e. The van der Waals surface area contributed by atoms with Crippen LogP contribution >= 0.6 is 0 Å². The third-order valence-corrected chi connectivity index (χ3v) is 2.43. The fraction of sp³-hybridized carbons (Fsp3) is 1.00. The highest BCUT2D eigenvalue weighted by Crippen LogP contribution is 2.47. The molecule has 3 atom stereocenters. The molecule has 0 spiro atoms. The predicted molar refractivity (Wildman–Crippen MR) is 31.6 cm³/mol. The molecular weight excluding hydrogens is 100 g/mol. The van der Waals surface area contributed by atoms with Crippen molar-refractivity contribution < 1.29 is 4.74 Å². The summed E-state index contributed by atoms with van der Waals surface area (Å²) in [7, 11) is 0. The summed E-state index contributed by atoms with van der Waals surface area (Å²) in [5.74, 6) is 1.89. The third kappa shape index (κ3) is 0.510. The fourth-order valence-corrected chi connectivity index (χ4v) is 1.67. The number of ether oxygens (including phenoxy) is 1. The highest BCUT2D eigenvalue weighted by Gasteiger charge is 2.48. The van der Waals surface area contributed by atoms with Gasteiger partial charge in [0.2, 0.25) is 0 Å². The molecule has 8 heavy (non-hydrogen) atoms. The molecule has 1 saturated heterocycles. The molecule has 0 aromatic heterocycles. The quantitative estimate of drug-likeness (QED) is 0.498. The summed E-state index contributed by atoms with van der Waals surface area (Å²) in [6, 6.07) is 0. The number of fused-ring (bicyclic) bond motifs is 1. The molecule has 0 aromatic rings. The van der Waals surface area contributed by atoms with Crippen LogP contribution in [0.1, 0.15) is 19.8 Å². The van der Waals surface area contributed by atoms with Gasteiger partial charge in [-0.3, -0.25) is 0 Å². The van der Waals surface area contributed by atoms with Gasteiger partial charge in [0.05, 0.1) is 12.7 Å². The summed E-state index contributed by atoms with van der Waals surface area (Å²) >= 11 is 0. The van der Waals surface area contributed by atoms with Crippen molar-refractivity contribution in [3.63, 3.8) is 0 Å². The topological polar surface area (TPSA) is 9.23 Å². The van der Waals surface area contributed by atoms with Crippen LogP contribution in [-0.2, 0) is 4.74 Å². The van der Waals surface area contributed by atoms with Crippen molar-refractivity contribution in [1.29, 1.82) is 0 Å². The highest BCUT2D eigenvalue weighted by atomic mass is 16.5. The van der Waals surface area contributed by atoms with E-state index in [1.54, 1.807) is 0 Å². The van der Waals surface area contributed by atoms with Crippen LogP contribution in [0, 0.1) is 11.8 Å². The molecular formula is C7H12O. The molecule has 0 aromatic carbocycles. The van der Waals surface area contributed by atoms with Crippen molar-refractivity contribution in [2.24, 2.45) is 11.8 Å². The van der Waals surface area contributed by atoms with Gasteiger partial charge >= 0.3 is 0 Å². The van der Waals surface area contributed by atoms with Crippen LogP contribution in [0.2, 0.25) is 0 Å². The molecule has 2 rings (SSSR count). The fourth-order valence-electron chi connectivity index (χ4n) is 1.67. The van der Waals surface area contributed by atoms with Gasteiger partial charge in [0.25, 0.3) is 0 Å². The van der Waals surface area contributed by atoms with Crippen LogP contribution < -0.4 is 0 Å². The molecule has 1 heterocycles. The lowest BCUT2D eigenvalue weighted by atomic mass is 10.0. The molecule has 0 amide bonds. The maximum atomic E-state index is 5.43. The third-order valence-electron chi connectivity index (χ3n) is 2.43. The smallest absolute Gasteiger partial charge is 0.0611 e. The van der Waals surface area contributed by atoms with Crippen LogP contribution in [0.15, 0.2) is 0 Å². The van der Waals surface area contributed by atoms with E-state index >= 15 is 0 Å². The summed E-state index contributed by atoms with van der Waals surface area (Å²) in [5, 5.41) is 0.